The molecule has 2 N–H and O–H groups in total. The van der Waals surface area contributed by atoms with E-state index >= 15 is 0 Å². The first-order chi connectivity index (χ1) is 5.61. The summed E-state index contributed by atoms with van der Waals surface area (Å²) in [6, 6.07) is 0.370. The molecule has 0 radical (unpaired) electrons. The molecule has 12 heavy (non-hydrogen) atoms. The molecule has 0 saturated heterocycles. The van der Waals surface area contributed by atoms with Crippen LogP contribution in [0.1, 0.15) is 53.4 Å². The Morgan fingerprint density at radius 2 is 1.75 bits per heavy atom. The average Bonchev–Trinajstić information content (AvgIpc) is 2.00. The number of hydrogen-bond donors (Lipinski definition) is 1. The van der Waals surface area contributed by atoms with Crippen LogP contribution in [0.2, 0.25) is 0 Å². The van der Waals surface area contributed by atoms with Crippen LogP contribution in [0.25, 0.3) is 0 Å². The molecule has 0 aromatic carbocycles. The fraction of sp³-hybridized carbons (Fsp3) is 1.00. The molecule has 3 atom stereocenters. The molecule has 0 aliphatic heterocycles. The van der Waals surface area contributed by atoms with Gasteiger partial charge in [-0.25, -0.2) is 0 Å². The molecule has 3 unspecified atom stereocenters. The summed E-state index contributed by atoms with van der Waals surface area (Å²) in [7, 11) is 0. The smallest absolute Gasteiger partial charge is 0.00387 e. The lowest BCUT2D eigenvalue weighted by molar-refractivity contribution is 0.325. The standard InChI is InChI=1S/C11H25N/c1-5-7-9(3)8-11(6-2)10(4)12/h9-11H,5-8,12H2,1-4H3. The maximum absolute atomic E-state index is 5.89. The molecule has 0 bridgehead atoms. The third-order valence-corrected chi connectivity index (χ3v) is 2.75. The maximum atomic E-state index is 5.89. The molecular formula is C11H25N. The van der Waals surface area contributed by atoms with Crippen LogP contribution in [0.5, 0.6) is 0 Å². The maximum Gasteiger partial charge on any atom is 0.00387 e. The van der Waals surface area contributed by atoms with E-state index in [0.717, 1.165) is 11.8 Å². The van der Waals surface area contributed by atoms with Gasteiger partial charge < -0.3 is 5.73 Å². The van der Waals surface area contributed by atoms with Gasteiger partial charge in [0.2, 0.25) is 0 Å². The zero-order valence-corrected chi connectivity index (χ0v) is 9.14. The van der Waals surface area contributed by atoms with Crippen LogP contribution in [0.4, 0.5) is 0 Å². The van der Waals surface area contributed by atoms with Crippen molar-refractivity contribution in [3.05, 3.63) is 0 Å². The summed E-state index contributed by atoms with van der Waals surface area (Å²) in [5.74, 6) is 1.58. The summed E-state index contributed by atoms with van der Waals surface area (Å²) in [6.07, 6.45) is 5.19. The van der Waals surface area contributed by atoms with Gasteiger partial charge in [0.05, 0.1) is 0 Å². The van der Waals surface area contributed by atoms with E-state index in [1.54, 1.807) is 0 Å². The molecule has 1 heteroatoms. The molecule has 0 aliphatic rings. The lowest BCUT2D eigenvalue weighted by Crippen LogP contribution is -2.27. The number of rotatable bonds is 6. The summed E-state index contributed by atoms with van der Waals surface area (Å²) >= 11 is 0. The van der Waals surface area contributed by atoms with E-state index < -0.39 is 0 Å². The molecule has 0 amide bonds. The van der Waals surface area contributed by atoms with Crippen molar-refractivity contribution in [1.82, 2.24) is 0 Å². The highest BCUT2D eigenvalue weighted by Crippen LogP contribution is 2.21. The van der Waals surface area contributed by atoms with E-state index in [1.165, 1.54) is 25.7 Å². The largest absolute Gasteiger partial charge is 0.328 e. The third kappa shape index (κ3) is 4.76. The van der Waals surface area contributed by atoms with Gasteiger partial charge in [-0.3, -0.25) is 0 Å². The van der Waals surface area contributed by atoms with Crippen LogP contribution in [0.3, 0.4) is 0 Å². The summed E-state index contributed by atoms with van der Waals surface area (Å²) in [5.41, 5.74) is 5.89. The summed E-state index contributed by atoms with van der Waals surface area (Å²) in [4.78, 5) is 0. The third-order valence-electron chi connectivity index (χ3n) is 2.75. The highest BCUT2D eigenvalue weighted by Gasteiger charge is 2.14. The first-order valence-electron chi connectivity index (χ1n) is 5.37. The molecule has 1 nitrogen and oxygen atoms in total. The predicted molar refractivity (Wildman–Crippen MR) is 56.1 cm³/mol. The molecule has 0 spiro atoms. The summed E-state index contributed by atoms with van der Waals surface area (Å²) in [6.45, 7) is 8.97. The number of nitrogens with two attached hydrogens (primary N) is 1. The second kappa shape index (κ2) is 6.47. The first kappa shape index (κ1) is 12.0. The van der Waals surface area contributed by atoms with E-state index in [0.29, 0.717) is 6.04 Å². The molecule has 0 aliphatic carbocycles. The Hall–Kier alpha value is -0.0400. The van der Waals surface area contributed by atoms with Gasteiger partial charge in [0.1, 0.15) is 0 Å². The molecule has 0 aromatic heterocycles. The fourth-order valence-electron chi connectivity index (χ4n) is 1.88. The lowest BCUT2D eigenvalue weighted by atomic mass is 9.87. The van der Waals surface area contributed by atoms with E-state index in [1.807, 2.05) is 0 Å². The van der Waals surface area contributed by atoms with Crippen molar-refractivity contribution in [1.29, 1.82) is 0 Å². The topological polar surface area (TPSA) is 26.0 Å². The zero-order chi connectivity index (χ0) is 9.56. The van der Waals surface area contributed by atoms with Gasteiger partial charge in [-0.15, -0.1) is 0 Å². The molecule has 0 fully saturated rings. The van der Waals surface area contributed by atoms with Crippen molar-refractivity contribution in [3.8, 4) is 0 Å². The molecule has 0 aromatic rings. The minimum Gasteiger partial charge on any atom is -0.328 e. The van der Waals surface area contributed by atoms with Crippen LogP contribution in [0, 0.1) is 11.8 Å². The van der Waals surface area contributed by atoms with Crippen molar-refractivity contribution in [3.63, 3.8) is 0 Å². The van der Waals surface area contributed by atoms with Gasteiger partial charge in [-0.2, -0.15) is 0 Å². The van der Waals surface area contributed by atoms with Gasteiger partial charge in [0.15, 0.2) is 0 Å². The monoisotopic (exact) mass is 171 g/mol. The molecule has 0 saturated carbocycles. The molecule has 74 valence electrons. The van der Waals surface area contributed by atoms with E-state index in [9.17, 15) is 0 Å². The minimum atomic E-state index is 0.370. The van der Waals surface area contributed by atoms with Gasteiger partial charge in [-0.1, -0.05) is 40.0 Å². The van der Waals surface area contributed by atoms with Crippen molar-refractivity contribution < 1.29 is 0 Å². The number of hydrogen-bond acceptors (Lipinski definition) is 1. The Morgan fingerprint density at radius 1 is 1.17 bits per heavy atom. The summed E-state index contributed by atoms with van der Waals surface area (Å²) < 4.78 is 0. The Kier molecular flexibility index (Phi) is 6.45. The van der Waals surface area contributed by atoms with E-state index in [2.05, 4.69) is 27.7 Å². The van der Waals surface area contributed by atoms with Gasteiger partial charge in [0, 0.05) is 6.04 Å². The highest BCUT2D eigenvalue weighted by molar-refractivity contribution is 4.69. The highest BCUT2D eigenvalue weighted by atomic mass is 14.6. The zero-order valence-electron chi connectivity index (χ0n) is 9.14. The first-order valence-corrected chi connectivity index (χ1v) is 5.37. The van der Waals surface area contributed by atoms with Gasteiger partial charge in [0.25, 0.3) is 0 Å². The van der Waals surface area contributed by atoms with Crippen LogP contribution in [-0.4, -0.2) is 6.04 Å². The minimum absolute atomic E-state index is 0.370. The van der Waals surface area contributed by atoms with Crippen molar-refractivity contribution in [2.24, 2.45) is 17.6 Å². The molecular weight excluding hydrogens is 146 g/mol. The molecule has 0 rings (SSSR count). The average molecular weight is 171 g/mol. The van der Waals surface area contributed by atoms with Crippen LogP contribution in [-0.2, 0) is 0 Å². The second-order valence-electron chi connectivity index (χ2n) is 4.16. The Morgan fingerprint density at radius 3 is 2.08 bits per heavy atom. The molecule has 0 heterocycles. The Balaban J connectivity index is 3.69. The Labute approximate surface area is 77.7 Å². The second-order valence-corrected chi connectivity index (χ2v) is 4.16. The van der Waals surface area contributed by atoms with Crippen LogP contribution in [0.15, 0.2) is 0 Å². The summed E-state index contributed by atoms with van der Waals surface area (Å²) in [5, 5.41) is 0. The van der Waals surface area contributed by atoms with Crippen molar-refractivity contribution in [2.45, 2.75) is 59.4 Å². The van der Waals surface area contributed by atoms with E-state index in [4.69, 9.17) is 5.73 Å². The van der Waals surface area contributed by atoms with Crippen molar-refractivity contribution >= 4 is 0 Å². The van der Waals surface area contributed by atoms with Crippen LogP contribution < -0.4 is 5.73 Å². The normalized spacial score (nSPS) is 18.8. The Bertz CT molecular complexity index is 99.2. The quantitative estimate of drug-likeness (QED) is 0.652. The van der Waals surface area contributed by atoms with Gasteiger partial charge >= 0.3 is 0 Å². The SMILES string of the molecule is CCCC(C)CC(CC)C(C)N. The van der Waals surface area contributed by atoms with Gasteiger partial charge in [-0.05, 0) is 25.2 Å². The fourth-order valence-corrected chi connectivity index (χ4v) is 1.88. The predicted octanol–water partition coefficient (Wildman–Crippen LogP) is 3.19. The van der Waals surface area contributed by atoms with Crippen molar-refractivity contribution in [2.75, 3.05) is 0 Å². The lowest BCUT2D eigenvalue weighted by Gasteiger charge is -2.22. The van der Waals surface area contributed by atoms with E-state index in [-0.39, 0.29) is 0 Å². The van der Waals surface area contributed by atoms with Crippen LogP contribution >= 0.6 is 0 Å².